The van der Waals surface area contributed by atoms with Crippen molar-refractivity contribution < 1.29 is 13.6 Å². The molecule has 23 heavy (non-hydrogen) atoms. The Kier molecular flexibility index (Phi) is 4.77. The van der Waals surface area contributed by atoms with Crippen molar-refractivity contribution in [1.82, 2.24) is 15.5 Å². The lowest BCUT2D eigenvalue weighted by Gasteiger charge is -2.08. The molecule has 7 heteroatoms. The lowest BCUT2D eigenvalue weighted by atomic mass is 10.2. The summed E-state index contributed by atoms with van der Waals surface area (Å²) in [4.78, 5) is 12.1. The highest BCUT2D eigenvalue weighted by atomic mass is 32.2. The number of hydrogen-bond donors (Lipinski definition) is 1. The topological polar surface area (TPSA) is 81.2 Å². The Balaban J connectivity index is 1.56. The van der Waals surface area contributed by atoms with E-state index in [9.17, 15) is 4.79 Å². The van der Waals surface area contributed by atoms with Crippen LogP contribution in [0.4, 0.5) is 0 Å². The van der Waals surface area contributed by atoms with Gasteiger partial charge in [-0.1, -0.05) is 30.0 Å². The van der Waals surface area contributed by atoms with Crippen molar-refractivity contribution in [2.75, 3.05) is 0 Å². The van der Waals surface area contributed by atoms with Gasteiger partial charge in [-0.05, 0) is 31.2 Å². The standard InChI is InChI=1S/C16H15N3O3S/c1-11(14(20)17-10-13-8-5-9-21-13)23-16-19-18-15(22-16)12-6-3-2-4-7-12/h2-9,11H,10H2,1H3,(H,17,20)/t11-/m1/s1. The highest BCUT2D eigenvalue weighted by molar-refractivity contribution is 8.00. The Morgan fingerprint density at radius 2 is 2.04 bits per heavy atom. The molecule has 2 heterocycles. The van der Waals surface area contributed by atoms with Crippen LogP contribution in [0.5, 0.6) is 0 Å². The molecule has 3 rings (SSSR count). The van der Waals surface area contributed by atoms with Gasteiger partial charge >= 0.3 is 0 Å². The van der Waals surface area contributed by atoms with Crippen LogP contribution in [0.1, 0.15) is 12.7 Å². The minimum Gasteiger partial charge on any atom is -0.467 e. The van der Waals surface area contributed by atoms with Crippen LogP contribution >= 0.6 is 11.8 Å². The Morgan fingerprint density at radius 1 is 1.22 bits per heavy atom. The molecule has 2 aromatic heterocycles. The third kappa shape index (κ3) is 4.01. The largest absolute Gasteiger partial charge is 0.467 e. The van der Waals surface area contributed by atoms with E-state index in [4.69, 9.17) is 8.83 Å². The van der Waals surface area contributed by atoms with Gasteiger partial charge in [0.1, 0.15) is 5.76 Å². The molecular formula is C16H15N3O3S. The Morgan fingerprint density at radius 3 is 2.78 bits per heavy atom. The number of nitrogens with zero attached hydrogens (tertiary/aromatic N) is 2. The number of rotatable bonds is 6. The predicted molar refractivity (Wildman–Crippen MR) is 85.6 cm³/mol. The molecule has 3 aromatic rings. The quantitative estimate of drug-likeness (QED) is 0.700. The van der Waals surface area contributed by atoms with E-state index in [0.29, 0.717) is 23.4 Å². The number of amides is 1. The first kappa shape index (κ1) is 15.4. The second-order valence-corrected chi connectivity index (χ2v) is 6.09. The lowest BCUT2D eigenvalue weighted by Crippen LogP contribution is -2.30. The maximum absolute atomic E-state index is 12.1. The normalized spacial score (nSPS) is 12.0. The number of benzene rings is 1. The summed E-state index contributed by atoms with van der Waals surface area (Å²) < 4.78 is 10.8. The van der Waals surface area contributed by atoms with Gasteiger partial charge in [0.25, 0.3) is 5.22 Å². The maximum Gasteiger partial charge on any atom is 0.277 e. The molecule has 0 unspecified atom stereocenters. The van der Waals surface area contributed by atoms with Crippen molar-refractivity contribution in [2.45, 2.75) is 23.9 Å². The van der Waals surface area contributed by atoms with Gasteiger partial charge < -0.3 is 14.2 Å². The summed E-state index contributed by atoms with van der Waals surface area (Å²) in [5, 5.41) is 10.8. The van der Waals surface area contributed by atoms with Crippen LogP contribution in [0.2, 0.25) is 0 Å². The van der Waals surface area contributed by atoms with Crippen LogP contribution in [0.15, 0.2) is 62.8 Å². The van der Waals surface area contributed by atoms with E-state index in [0.717, 1.165) is 5.56 Å². The number of hydrogen-bond acceptors (Lipinski definition) is 6. The molecule has 6 nitrogen and oxygen atoms in total. The number of carbonyl (C=O) groups is 1. The number of aromatic nitrogens is 2. The van der Waals surface area contributed by atoms with Gasteiger partial charge in [-0.2, -0.15) is 0 Å². The van der Waals surface area contributed by atoms with Gasteiger partial charge in [-0.25, -0.2) is 0 Å². The van der Waals surface area contributed by atoms with Gasteiger partial charge in [0.15, 0.2) is 0 Å². The second-order valence-electron chi connectivity index (χ2n) is 4.80. The average Bonchev–Trinajstić information content (AvgIpc) is 3.25. The zero-order chi connectivity index (χ0) is 16.1. The number of carbonyl (C=O) groups excluding carboxylic acids is 1. The van der Waals surface area contributed by atoms with Gasteiger partial charge in [-0.15, -0.1) is 10.2 Å². The van der Waals surface area contributed by atoms with Crippen molar-refractivity contribution in [3.63, 3.8) is 0 Å². The molecule has 1 amide bonds. The van der Waals surface area contributed by atoms with Crippen molar-refractivity contribution in [2.24, 2.45) is 0 Å². The van der Waals surface area contributed by atoms with Crippen LogP contribution in [0.25, 0.3) is 11.5 Å². The smallest absolute Gasteiger partial charge is 0.277 e. The molecule has 1 N–H and O–H groups in total. The van der Waals surface area contributed by atoms with Crippen LogP contribution < -0.4 is 5.32 Å². The zero-order valence-corrected chi connectivity index (χ0v) is 13.2. The van der Waals surface area contributed by atoms with Gasteiger partial charge in [0, 0.05) is 5.56 Å². The van der Waals surface area contributed by atoms with Crippen molar-refractivity contribution >= 4 is 17.7 Å². The molecule has 0 radical (unpaired) electrons. The van der Waals surface area contributed by atoms with E-state index < -0.39 is 0 Å². The SMILES string of the molecule is C[C@@H](Sc1nnc(-c2ccccc2)o1)C(=O)NCc1ccco1. The predicted octanol–water partition coefficient (Wildman–Crippen LogP) is 3.13. The molecule has 0 saturated heterocycles. The first-order valence-electron chi connectivity index (χ1n) is 7.08. The number of thioether (sulfide) groups is 1. The summed E-state index contributed by atoms with van der Waals surface area (Å²) in [5.74, 6) is 1.03. The van der Waals surface area contributed by atoms with Crippen LogP contribution in [0, 0.1) is 0 Å². The van der Waals surface area contributed by atoms with Crippen molar-refractivity contribution in [3.05, 3.63) is 54.5 Å². The van der Waals surface area contributed by atoms with E-state index in [1.165, 1.54) is 11.8 Å². The Hall–Kier alpha value is -2.54. The van der Waals surface area contributed by atoms with Gasteiger partial charge in [0.05, 0.1) is 18.1 Å². The van der Waals surface area contributed by atoms with Crippen LogP contribution in [0.3, 0.4) is 0 Å². The molecule has 0 saturated carbocycles. The molecular weight excluding hydrogens is 314 g/mol. The van der Waals surface area contributed by atoms with E-state index in [1.807, 2.05) is 36.4 Å². The monoisotopic (exact) mass is 329 g/mol. The molecule has 0 aliphatic carbocycles. The van der Waals surface area contributed by atoms with Gasteiger partial charge in [-0.3, -0.25) is 4.79 Å². The fraction of sp³-hybridized carbons (Fsp3) is 0.188. The minimum atomic E-state index is -0.353. The highest BCUT2D eigenvalue weighted by Gasteiger charge is 2.18. The third-order valence-corrected chi connectivity index (χ3v) is 4.03. The average molecular weight is 329 g/mol. The highest BCUT2D eigenvalue weighted by Crippen LogP contribution is 2.26. The first-order valence-corrected chi connectivity index (χ1v) is 7.96. The zero-order valence-electron chi connectivity index (χ0n) is 12.4. The van der Waals surface area contributed by atoms with E-state index >= 15 is 0 Å². The van der Waals surface area contributed by atoms with Crippen molar-refractivity contribution in [3.8, 4) is 11.5 Å². The van der Waals surface area contributed by atoms with Crippen LogP contribution in [-0.2, 0) is 11.3 Å². The lowest BCUT2D eigenvalue weighted by molar-refractivity contribution is -0.120. The molecule has 0 fully saturated rings. The van der Waals surface area contributed by atoms with Crippen LogP contribution in [-0.4, -0.2) is 21.4 Å². The molecule has 0 bridgehead atoms. The summed E-state index contributed by atoms with van der Waals surface area (Å²) in [5.41, 5.74) is 0.849. The number of nitrogens with one attached hydrogen (secondary N) is 1. The Bertz CT molecular complexity index is 756. The number of furan rings is 1. The summed E-state index contributed by atoms with van der Waals surface area (Å²) in [6.45, 7) is 2.14. The third-order valence-electron chi connectivity index (χ3n) is 3.09. The fourth-order valence-electron chi connectivity index (χ4n) is 1.89. The fourth-order valence-corrected chi connectivity index (χ4v) is 2.60. The van der Waals surface area contributed by atoms with E-state index in [2.05, 4.69) is 15.5 Å². The van der Waals surface area contributed by atoms with Crippen molar-refractivity contribution in [1.29, 1.82) is 0 Å². The summed E-state index contributed by atoms with van der Waals surface area (Å²) in [6, 6.07) is 13.1. The van der Waals surface area contributed by atoms with E-state index in [-0.39, 0.29) is 11.2 Å². The minimum absolute atomic E-state index is 0.120. The van der Waals surface area contributed by atoms with Gasteiger partial charge in [0.2, 0.25) is 11.8 Å². The summed E-state index contributed by atoms with van der Waals surface area (Å²) in [7, 11) is 0. The first-order chi connectivity index (χ1) is 11.2. The molecule has 0 aliphatic heterocycles. The summed E-state index contributed by atoms with van der Waals surface area (Å²) in [6.07, 6.45) is 1.57. The molecule has 0 aliphatic rings. The molecule has 0 spiro atoms. The maximum atomic E-state index is 12.1. The Labute approximate surface area is 137 Å². The molecule has 1 atom stereocenters. The van der Waals surface area contributed by atoms with E-state index in [1.54, 1.807) is 19.3 Å². The molecule has 1 aromatic carbocycles. The summed E-state index contributed by atoms with van der Waals surface area (Å²) >= 11 is 1.22. The second kappa shape index (κ2) is 7.15. The molecule has 118 valence electrons.